The van der Waals surface area contributed by atoms with Gasteiger partial charge in [0.1, 0.15) is 22.6 Å². The number of pyridine rings is 1. The Morgan fingerprint density at radius 1 is 0.746 bits per heavy atom. The molecular formula is C53H40N4O2. The molecule has 6 heterocycles. The van der Waals surface area contributed by atoms with Gasteiger partial charge in [-0.1, -0.05) is 104 Å². The second-order valence-corrected chi connectivity index (χ2v) is 16.7. The largest absolute Gasteiger partial charge is 0.482 e. The van der Waals surface area contributed by atoms with Crippen LogP contribution in [-0.4, -0.2) is 28.1 Å². The Kier molecular flexibility index (Phi) is 7.34. The van der Waals surface area contributed by atoms with Crippen LogP contribution >= 0.6 is 0 Å². The fourth-order valence-corrected chi connectivity index (χ4v) is 10.3. The third-order valence-corrected chi connectivity index (χ3v) is 13.2. The Bertz CT molecular complexity index is 3140. The molecule has 0 saturated heterocycles. The Morgan fingerprint density at radius 3 is 2.34 bits per heavy atom. The van der Waals surface area contributed by atoms with E-state index in [1.807, 2.05) is 24.7 Å². The van der Waals surface area contributed by atoms with E-state index >= 15 is 0 Å². The van der Waals surface area contributed by atoms with Crippen molar-refractivity contribution < 1.29 is 9.15 Å². The van der Waals surface area contributed by atoms with E-state index in [1.165, 1.54) is 38.5 Å². The molecule has 0 bridgehead atoms. The third-order valence-electron chi connectivity index (χ3n) is 13.2. The molecule has 0 N–H and O–H groups in total. The molecule has 6 heteroatoms. The van der Waals surface area contributed by atoms with Gasteiger partial charge in [-0.05, 0) is 78.6 Å². The van der Waals surface area contributed by atoms with Gasteiger partial charge < -0.3 is 13.7 Å². The van der Waals surface area contributed by atoms with Crippen LogP contribution in [0.5, 0.6) is 5.75 Å². The van der Waals surface area contributed by atoms with Gasteiger partial charge in [-0.2, -0.15) is 0 Å². The molecule has 284 valence electrons. The van der Waals surface area contributed by atoms with Crippen molar-refractivity contribution in [2.24, 2.45) is 9.98 Å². The zero-order valence-corrected chi connectivity index (χ0v) is 32.8. The number of allylic oxidation sites excluding steroid dienone is 2. The molecule has 0 fully saturated rings. The minimum atomic E-state index is -0.591. The van der Waals surface area contributed by atoms with E-state index in [2.05, 4.69) is 164 Å². The topological polar surface area (TPSA) is 64.9 Å². The van der Waals surface area contributed by atoms with E-state index in [1.54, 1.807) is 0 Å². The van der Waals surface area contributed by atoms with Gasteiger partial charge in [-0.3, -0.25) is 15.0 Å². The second-order valence-electron chi connectivity index (χ2n) is 16.7. The molecule has 0 saturated carbocycles. The summed E-state index contributed by atoms with van der Waals surface area (Å²) < 4.78 is 16.1. The van der Waals surface area contributed by atoms with Crippen LogP contribution in [0.2, 0.25) is 0 Å². The number of benzene rings is 5. The summed E-state index contributed by atoms with van der Waals surface area (Å²) in [7, 11) is 0. The Labute approximate surface area is 342 Å². The van der Waals surface area contributed by atoms with Crippen molar-refractivity contribution in [2.45, 2.75) is 49.8 Å². The predicted molar refractivity (Wildman–Crippen MR) is 239 cm³/mol. The number of rotatable bonds is 5. The molecule has 0 amide bonds. The van der Waals surface area contributed by atoms with Crippen LogP contribution in [0, 0.1) is 0 Å². The van der Waals surface area contributed by atoms with E-state index in [0.29, 0.717) is 0 Å². The van der Waals surface area contributed by atoms with Crippen LogP contribution in [0.1, 0.15) is 48.8 Å². The summed E-state index contributed by atoms with van der Waals surface area (Å²) in [5, 5.41) is 3.65. The molecule has 4 aliphatic rings. The molecule has 59 heavy (non-hydrogen) atoms. The van der Waals surface area contributed by atoms with Crippen molar-refractivity contribution >= 4 is 51.3 Å². The van der Waals surface area contributed by atoms with E-state index in [0.717, 1.165) is 68.8 Å². The first-order valence-electron chi connectivity index (χ1n) is 20.5. The molecule has 6 nitrogen and oxygen atoms in total. The summed E-state index contributed by atoms with van der Waals surface area (Å²) in [5.74, 6) is 1.80. The lowest BCUT2D eigenvalue weighted by molar-refractivity contribution is 0.196. The summed E-state index contributed by atoms with van der Waals surface area (Å²) in [6, 6.07) is 45.2. The van der Waals surface area contributed by atoms with Crippen molar-refractivity contribution in [3.05, 3.63) is 186 Å². The fraction of sp³-hybridized carbons (Fsp3) is 0.151. The van der Waals surface area contributed by atoms with Crippen molar-refractivity contribution in [3.63, 3.8) is 0 Å². The van der Waals surface area contributed by atoms with Gasteiger partial charge in [-0.15, -0.1) is 0 Å². The highest BCUT2D eigenvalue weighted by Gasteiger charge is 2.50. The Hall–Kier alpha value is -7.05. The quantitative estimate of drug-likeness (QED) is 0.175. The minimum absolute atomic E-state index is 0.0537. The lowest BCUT2D eigenvalue weighted by Crippen LogP contribution is -2.38. The van der Waals surface area contributed by atoms with Crippen molar-refractivity contribution in [3.8, 4) is 28.1 Å². The number of hydrogen-bond donors (Lipinski definition) is 0. The fourth-order valence-electron chi connectivity index (χ4n) is 10.3. The maximum absolute atomic E-state index is 7.16. The van der Waals surface area contributed by atoms with Crippen LogP contribution in [0.25, 0.3) is 61.2 Å². The van der Waals surface area contributed by atoms with E-state index in [9.17, 15) is 0 Å². The summed E-state index contributed by atoms with van der Waals surface area (Å²) in [6.45, 7) is 4.53. The summed E-state index contributed by atoms with van der Waals surface area (Å²) in [4.78, 5) is 14.7. The van der Waals surface area contributed by atoms with E-state index in [4.69, 9.17) is 24.1 Å². The van der Waals surface area contributed by atoms with Gasteiger partial charge in [0.15, 0.2) is 6.10 Å². The van der Waals surface area contributed by atoms with E-state index < -0.39 is 5.54 Å². The number of dihydropyridines is 1. The Morgan fingerprint density at radius 2 is 1.51 bits per heavy atom. The van der Waals surface area contributed by atoms with Crippen LogP contribution in [0.4, 0.5) is 0 Å². The van der Waals surface area contributed by atoms with Gasteiger partial charge >= 0.3 is 0 Å². The molecule has 4 atom stereocenters. The maximum Gasteiger partial charge on any atom is 0.153 e. The second kappa shape index (κ2) is 12.7. The zero-order valence-electron chi connectivity index (χ0n) is 32.8. The maximum atomic E-state index is 7.16. The lowest BCUT2D eigenvalue weighted by Gasteiger charge is -2.33. The average Bonchev–Trinajstić information content (AvgIpc) is 3.93. The highest BCUT2D eigenvalue weighted by molar-refractivity contribution is 6.08. The lowest BCUT2D eigenvalue weighted by atomic mass is 9.72. The third kappa shape index (κ3) is 5.08. The van der Waals surface area contributed by atoms with Gasteiger partial charge in [0.05, 0.1) is 11.7 Å². The molecule has 5 aromatic carbocycles. The highest BCUT2D eigenvalue weighted by atomic mass is 16.5. The van der Waals surface area contributed by atoms with Crippen molar-refractivity contribution in [1.82, 2.24) is 9.55 Å². The van der Waals surface area contributed by atoms with Crippen LogP contribution in [-0.2, 0) is 17.4 Å². The number of nitrogens with zero attached hydrogens (tertiary/aromatic N) is 4. The number of aliphatic imine (C=N–C) groups is 2. The molecule has 8 aromatic rings. The molecular weight excluding hydrogens is 725 g/mol. The number of furan rings is 1. The molecule has 3 aliphatic heterocycles. The number of hydrogen-bond acceptors (Lipinski definition) is 5. The van der Waals surface area contributed by atoms with Crippen LogP contribution in [0.15, 0.2) is 177 Å². The molecule has 4 unspecified atom stereocenters. The SMILES string of the molecule is CC1(c2ccccc2-c2ccccn2)C=Cc2oc3ccc(-c4cccc5c4OC4C(C6=CN=CC(n7c8ccccc8c8ccccc87)C6)=CC=NC54C)cc3c2C1. The van der Waals surface area contributed by atoms with Crippen LogP contribution < -0.4 is 4.74 Å². The predicted octanol–water partition coefficient (Wildman–Crippen LogP) is 12.4. The van der Waals surface area contributed by atoms with Crippen LogP contribution in [0.3, 0.4) is 0 Å². The smallest absolute Gasteiger partial charge is 0.153 e. The Balaban J connectivity index is 0.884. The van der Waals surface area contributed by atoms with Gasteiger partial charge in [0, 0.05) is 91.7 Å². The number of aromatic nitrogens is 2. The summed E-state index contributed by atoms with van der Waals surface area (Å²) >= 11 is 0. The van der Waals surface area contributed by atoms with Gasteiger partial charge in [0.2, 0.25) is 0 Å². The number of para-hydroxylation sites is 3. The molecule has 1 aliphatic carbocycles. The summed E-state index contributed by atoms with van der Waals surface area (Å²) in [5.41, 5.74) is 12.6. The molecule has 12 rings (SSSR count). The van der Waals surface area contributed by atoms with Crippen molar-refractivity contribution in [1.29, 1.82) is 0 Å². The molecule has 3 aromatic heterocycles. The highest BCUT2D eigenvalue weighted by Crippen LogP contribution is 2.53. The molecule has 0 spiro atoms. The molecule has 0 radical (unpaired) electrons. The number of ether oxygens (including phenoxy) is 1. The standard InChI is InChI=1S/C53H40N4O2/c1-52(43-16-6-3-14-40(43)45-18-9-10-26-55-45)25-23-49-42(30-52)41-29-33(21-22-48(41)58-49)36-15-11-17-44-50(36)59-51-37(24-27-56-53(44,51)2)34-28-35(32-54-31-34)57-46-19-7-4-12-38(46)39-13-5-8-20-47(39)57/h3-27,29,31-32,35,51H,28,30H2,1-2H3. The summed E-state index contributed by atoms with van der Waals surface area (Å²) in [6.07, 6.45) is 15.8. The first-order chi connectivity index (χ1) is 29.0. The van der Waals surface area contributed by atoms with Gasteiger partial charge in [-0.25, -0.2) is 0 Å². The van der Waals surface area contributed by atoms with Crippen molar-refractivity contribution in [2.75, 3.05) is 0 Å². The van der Waals surface area contributed by atoms with Gasteiger partial charge in [0.25, 0.3) is 0 Å². The number of fused-ring (bicyclic) bond motifs is 9. The first-order valence-corrected chi connectivity index (χ1v) is 20.5. The average molecular weight is 765 g/mol. The van der Waals surface area contributed by atoms with E-state index in [-0.39, 0.29) is 17.6 Å². The zero-order chi connectivity index (χ0) is 39.3. The first kappa shape index (κ1) is 34.0. The normalized spacial score (nSPS) is 22.9. The minimum Gasteiger partial charge on any atom is -0.482 e. The monoisotopic (exact) mass is 764 g/mol.